The Morgan fingerprint density at radius 2 is 2.00 bits per heavy atom. The minimum absolute atomic E-state index is 0.145. The number of halogens is 1. The molecule has 1 nitrogen and oxygen atoms in total. The molecule has 0 saturated carbocycles. The van der Waals surface area contributed by atoms with Crippen LogP contribution in [0.25, 0.3) is 0 Å². The average molecular weight is 149 g/mol. The fraction of sp³-hybridized carbons (Fsp3) is 1.00. The monoisotopic (exact) mass is 149 g/mol. The molecule has 1 heterocycles. The standard InChI is InChI=1S/C6H12FNS/c7-6(8)5-1-3-9-4-2-5/h5-6H,1-4,8H2. The van der Waals surface area contributed by atoms with E-state index in [0.29, 0.717) is 0 Å². The fourth-order valence-corrected chi connectivity index (χ4v) is 2.18. The van der Waals surface area contributed by atoms with Crippen molar-refractivity contribution in [2.45, 2.75) is 19.1 Å². The van der Waals surface area contributed by atoms with Gasteiger partial charge in [0.2, 0.25) is 0 Å². The smallest absolute Gasteiger partial charge is 0.151 e. The van der Waals surface area contributed by atoms with Crippen molar-refractivity contribution in [1.29, 1.82) is 0 Å². The number of hydrogen-bond acceptors (Lipinski definition) is 2. The average Bonchev–Trinajstić information content (AvgIpc) is 1.90. The van der Waals surface area contributed by atoms with Crippen molar-refractivity contribution >= 4 is 11.8 Å². The van der Waals surface area contributed by atoms with Crippen molar-refractivity contribution < 1.29 is 4.39 Å². The molecule has 9 heavy (non-hydrogen) atoms. The Balaban J connectivity index is 2.23. The summed E-state index contributed by atoms with van der Waals surface area (Å²) in [5.41, 5.74) is 5.09. The van der Waals surface area contributed by atoms with Gasteiger partial charge >= 0.3 is 0 Å². The van der Waals surface area contributed by atoms with Crippen LogP contribution in [0.15, 0.2) is 0 Å². The van der Waals surface area contributed by atoms with Gasteiger partial charge in [-0.1, -0.05) is 0 Å². The molecular weight excluding hydrogens is 137 g/mol. The number of nitrogens with two attached hydrogens (primary N) is 1. The van der Waals surface area contributed by atoms with E-state index in [1.165, 1.54) is 0 Å². The quantitative estimate of drug-likeness (QED) is 0.570. The Hall–Kier alpha value is 0.240. The van der Waals surface area contributed by atoms with Gasteiger partial charge in [0.25, 0.3) is 0 Å². The first-order chi connectivity index (χ1) is 4.30. The van der Waals surface area contributed by atoms with E-state index >= 15 is 0 Å². The molecule has 0 bridgehead atoms. The largest absolute Gasteiger partial charge is 0.302 e. The molecular formula is C6H12FNS. The van der Waals surface area contributed by atoms with Crippen LogP contribution in [0.5, 0.6) is 0 Å². The first-order valence-corrected chi connectivity index (χ1v) is 4.43. The molecule has 1 aliphatic rings. The highest BCUT2D eigenvalue weighted by Crippen LogP contribution is 2.24. The molecule has 2 N–H and O–H groups in total. The maximum atomic E-state index is 12.4. The molecule has 1 fully saturated rings. The molecule has 1 unspecified atom stereocenters. The van der Waals surface area contributed by atoms with E-state index in [4.69, 9.17) is 5.73 Å². The second kappa shape index (κ2) is 3.42. The molecule has 1 aliphatic heterocycles. The van der Waals surface area contributed by atoms with Crippen molar-refractivity contribution in [1.82, 2.24) is 0 Å². The first kappa shape index (κ1) is 7.35. The van der Waals surface area contributed by atoms with Crippen molar-refractivity contribution in [3.8, 4) is 0 Å². The second-order valence-electron chi connectivity index (χ2n) is 2.39. The molecule has 0 aromatic carbocycles. The van der Waals surface area contributed by atoms with Gasteiger partial charge in [-0.15, -0.1) is 0 Å². The highest BCUT2D eigenvalue weighted by atomic mass is 32.2. The van der Waals surface area contributed by atoms with Crippen LogP contribution in [-0.4, -0.2) is 17.8 Å². The van der Waals surface area contributed by atoms with Crippen LogP contribution in [0, 0.1) is 5.92 Å². The van der Waals surface area contributed by atoms with Crippen LogP contribution < -0.4 is 5.73 Å². The van der Waals surface area contributed by atoms with Gasteiger partial charge in [0.15, 0.2) is 6.30 Å². The van der Waals surface area contributed by atoms with Crippen molar-refractivity contribution in [3.05, 3.63) is 0 Å². The van der Waals surface area contributed by atoms with Gasteiger partial charge in [-0.3, -0.25) is 0 Å². The summed E-state index contributed by atoms with van der Waals surface area (Å²) < 4.78 is 12.4. The maximum Gasteiger partial charge on any atom is 0.151 e. The summed E-state index contributed by atoms with van der Waals surface area (Å²) in [5.74, 6) is 2.32. The Morgan fingerprint density at radius 1 is 1.44 bits per heavy atom. The lowest BCUT2D eigenvalue weighted by Crippen LogP contribution is -2.28. The topological polar surface area (TPSA) is 26.0 Å². The van der Waals surface area contributed by atoms with Crippen LogP contribution in [-0.2, 0) is 0 Å². The zero-order valence-corrected chi connectivity index (χ0v) is 6.16. The van der Waals surface area contributed by atoms with E-state index in [1.807, 2.05) is 11.8 Å². The summed E-state index contributed by atoms with van der Waals surface area (Å²) in [6.45, 7) is 0. The lowest BCUT2D eigenvalue weighted by molar-refractivity contribution is 0.223. The third-order valence-corrected chi connectivity index (χ3v) is 2.77. The minimum atomic E-state index is -1.08. The summed E-state index contributed by atoms with van der Waals surface area (Å²) in [6, 6.07) is 0. The van der Waals surface area contributed by atoms with Gasteiger partial charge < -0.3 is 5.73 Å². The normalized spacial score (nSPS) is 26.0. The molecule has 0 spiro atoms. The molecule has 0 aromatic heterocycles. The van der Waals surface area contributed by atoms with Crippen LogP contribution in [0.1, 0.15) is 12.8 Å². The van der Waals surface area contributed by atoms with Crippen LogP contribution in [0.3, 0.4) is 0 Å². The zero-order valence-electron chi connectivity index (χ0n) is 5.35. The summed E-state index contributed by atoms with van der Waals surface area (Å²) in [6.07, 6.45) is 0.843. The first-order valence-electron chi connectivity index (χ1n) is 3.28. The lowest BCUT2D eigenvalue weighted by atomic mass is 10.0. The number of hydrogen-bond donors (Lipinski definition) is 1. The highest BCUT2D eigenvalue weighted by molar-refractivity contribution is 7.99. The molecule has 1 saturated heterocycles. The van der Waals surface area contributed by atoms with Crippen molar-refractivity contribution in [3.63, 3.8) is 0 Å². The molecule has 0 amide bonds. The van der Waals surface area contributed by atoms with E-state index in [9.17, 15) is 4.39 Å². The van der Waals surface area contributed by atoms with Gasteiger partial charge in [0, 0.05) is 5.92 Å². The molecule has 1 atom stereocenters. The Kier molecular flexibility index (Phi) is 2.79. The van der Waals surface area contributed by atoms with Crippen LogP contribution in [0.2, 0.25) is 0 Å². The fourth-order valence-electron chi connectivity index (χ4n) is 1.03. The van der Waals surface area contributed by atoms with Gasteiger partial charge in [-0.05, 0) is 24.3 Å². The van der Waals surface area contributed by atoms with Crippen LogP contribution >= 0.6 is 11.8 Å². The summed E-state index contributed by atoms with van der Waals surface area (Å²) in [4.78, 5) is 0. The van der Waals surface area contributed by atoms with Gasteiger partial charge in [0.1, 0.15) is 0 Å². The zero-order chi connectivity index (χ0) is 6.69. The van der Waals surface area contributed by atoms with Crippen molar-refractivity contribution in [2.75, 3.05) is 11.5 Å². The Bertz CT molecular complexity index is 81.1. The molecule has 0 aromatic rings. The highest BCUT2D eigenvalue weighted by Gasteiger charge is 2.19. The lowest BCUT2D eigenvalue weighted by Gasteiger charge is -2.21. The minimum Gasteiger partial charge on any atom is -0.302 e. The van der Waals surface area contributed by atoms with Gasteiger partial charge in [-0.2, -0.15) is 11.8 Å². The molecule has 54 valence electrons. The molecule has 0 aliphatic carbocycles. The SMILES string of the molecule is NC(F)C1CCSCC1. The third-order valence-electron chi connectivity index (χ3n) is 1.72. The summed E-state index contributed by atoms with van der Waals surface area (Å²) in [7, 11) is 0. The molecule has 1 rings (SSSR count). The van der Waals surface area contributed by atoms with E-state index in [-0.39, 0.29) is 5.92 Å². The van der Waals surface area contributed by atoms with Crippen molar-refractivity contribution in [2.24, 2.45) is 11.7 Å². The second-order valence-corrected chi connectivity index (χ2v) is 3.62. The van der Waals surface area contributed by atoms with E-state index in [2.05, 4.69) is 0 Å². The van der Waals surface area contributed by atoms with Crippen LogP contribution in [0.4, 0.5) is 4.39 Å². The Labute approximate surface area is 59.2 Å². The summed E-state index contributed by atoms with van der Waals surface area (Å²) in [5, 5.41) is 0. The predicted molar refractivity (Wildman–Crippen MR) is 39.1 cm³/mol. The molecule has 3 heteroatoms. The number of alkyl halides is 1. The number of thioether (sulfide) groups is 1. The third kappa shape index (κ3) is 2.14. The number of rotatable bonds is 1. The van der Waals surface area contributed by atoms with E-state index in [0.717, 1.165) is 24.3 Å². The predicted octanol–water partition coefficient (Wildman–Crippen LogP) is 1.38. The summed E-state index contributed by atoms with van der Waals surface area (Å²) >= 11 is 1.89. The molecule has 0 radical (unpaired) electrons. The Morgan fingerprint density at radius 3 is 2.33 bits per heavy atom. The van der Waals surface area contributed by atoms with Gasteiger partial charge in [0.05, 0.1) is 0 Å². The van der Waals surface area contributed by atoms with Gasteiger partial charge in [-0.25, -0.2) is 4.39 Å². The van der Waals surface area contributed by atoms with E-state index < -0.39 is 6.30 Å². The van der Waals surface area contributed by atoms with E-state index in [1.54, 1.807) is 0 Å². The maximum absolute atomic E-state index is 12.4.